The van der Waals surface area contributed by atoms with Crippen molar-refractivity contribution in [2.45, 2.75) is 24.9 Å². The van der Waals surface area contributed by atoms with Crippen LogP contribution < -0.4 is 0 Å². The smallest absolute Gasteiger partial charge is 0.166 e. The molecule has 0 amide bonds. The highest BCUT2D eigenvalue weighted by Crippen LogP contribution is 2.32. The molecule has 2 atom stereocenters. The van der Waals surface area contributed by atoms with Crippen LogP contribution in [0, 0.1) is 5.92 Å². The zero-order chi connectivity index (χ0) is 16.5. The van der Waals surface area contributed by atoms with Gasteiger partial charge in [0.2, 0.25) is 0 Å². The Morgan fingerprint density at radius 3 is 2.42 bits per heavy atom. The van der Waals surface area contributed by atoms with Gasteiger partial charge in [0.15, 0.2) is 5.78 Å². The Bertz CT molecular complexity index is 700. The minimum Gasteiger partial charge on any atom is -0.378 e. The molecule has 1 aromatic carbocycles. The molecule has 2 aliphatic heterocycles. The van der Waals surface area contributed by atoms with Crippen LogP contribution in [-0.2, 0) is 4.74 Å². The van der Waals surface area contributed by atoms with Crippen molar-refractivity contribution >= 4 is 5.78 Å². The number of piperidine rings is 1. The number of ether oxygens (including phenoxy) is 1. The predicted octanol–water partition coefficient (Wildman–Crippen LogP) is 3.04. The van der Waals surface area contributed by atoms with E-state index in [0.717, 1.165) is 42.9 Å². The lowest BCUT2D eigenvalue weighted by Crippen LogP contribution is -2.55. The molecular formula is C20H22N2O2. The predicted molar refractivity (Wildman–Crippen MR) is 92.9 cm³/mol. The van der Waals surface area contributed by atoms with Crippen molar-refractivity contribution < 1.29 is 9.53 Å². The average molecular weight is 322 g/mol. The maximum Gasteiger partial charge on any atom is 0.166 e. The molecule has 0 N–H and O–H groups in total. The molecule has 0 spiro atoms. The molecule has 2 aromatic rings. The van der Waals surface area contributed by atoms with Gasteiger partial charge in [0.05, 0.1) is 18.9 Å². The van der Waals surface area contributed by atoms with Crippen molar-refractivity contribution in [1.82, 2.24) is 9.88 Å². The minimum absolute atomic E-state index is 0.112. The van der Waals surface area contributed by atoms with Crippen LogP contribution in [0.1, 0.15) is 23.2 Å². The maximum atomic E-state index is 12.9. The van der Waals surface area contributed by atoms with Crippen molar-refractivity contribution in [3.8, 4) is 11.3 Å². The van der Waals surface area contributed by atoms with Gasteiger partial charge in [0.25, 0.3) is 0 Å². The van der Waals surface area contributed by atoms with E-state index in [1.807, 2.05) is 42.5 Å². The number of aromatic nitrogens is 1. The molecule has 2 aliphatic rings. The Kier molecular flexibility index (Phi) is 4.17. The van der Waals surface area contributed by atoms with E-state index in [1.165, 1.54) is 0 Å². The van der Waals surface area contributed by atoms with Crippen LogP contribution in [0.4, 0.5) is 0 Å². The summed E-state index contributed by atoms with van der Waals surface area (Å²) in [5.74, 6) is 0.383. The molecule has 4 nitrogen and oxygen atoms in total. The number of hydrogen-bond donors (Lipinski definition) is 0. The SMILES string of the molecule is CN1C2COCC1CC(C(=O)c1ccc(-c3ccccn3)cc1)C2. The number of benzene rings is 1. The van der Waals surface area contributed by atoms with Crippen molar-refractivity contribution in [3.05, 3.63) is 54.2 Å². The second-order valence-electron chi connectivity index (χ2n) is 6.84. The molecule has 0 saturated carbocycles. The fourth-order valence-electron chi connectivity index (χ4n) is 3.88. The number of morpholine rings is 1. The standard InChI is InChI=1S/C20H22N2O2/c1-22-17-10-16(11-18(22)13-24-12-17)20(23)15-7-5-14(6-8-15)19-4-2-3-9-21-19/h2-9,16-18H,10-13H2,1H3. The zero-order valence-corrected chi connectivity index (χ0v) is 13.9. The van der Waals surface area contributed by atoms with Gasteiger partial charge in [-0.15, -0.1) is 0 Å². The second kappa shape index (κ2) is 6.46. The minimum atomic E-state index is 0.112. The van der Waals surface area contributed by atoms with E-state index in [4.69, 9.17) is 4.74 Å². The van der Waals surface area contributed by atoms with Crippen LogP contribution in [0.25, 0.3) is 11.3 Å². The number of ketones is 1. The van der Waals surface area contributed by atoms with Crippen molar-refractivity contribution in [2.24, 2.45) is 5.92 Å². The van der Waals surface area contributed by atoms with Gasteiger partial charge in [-0.2, -0.15) is 0 Å². The van der Waals surface area contributed by atoms with Gasteiger partial charge >= 0.3 is 0 Å². The molecule has 2 unspecified atom stereocenters. The lowest BCUT2D eigenvalue weighted by molar-refractivity contribution is -0.0702. The van der Waals surface area contributed by atoms with E-state index >= 15 is 0 Å². The molecule has 3 heterocycles. The first-order chi connectivity index (χ1) is 11.7. The highest BCUT2D eigenvalue weighted by Gasteiger charge is 2.39. The average Bonchev–Trinajstić information content (AvgIpc) is 2.62. The highest BCUT2D eigenvalue weighted by atomic mass is 16.5. The summed E-state index contributed by atoms with van der Waals surface area (Å²) in [5.41, 5.74) is 2.78. The summed E-state index contributed by atoms with van der Waals surface area (Å²) in [6.45, 7) is 1.49. The van der Waals surface area contributed by atoms with Crippen LogP contribution >= 0.6 is 0 Å². The third-order valence-electron chi connectivity index (χ3n) is 5.39. The van der Waals surface area contributed by atoms with Crippen LogP contribution in [-0.4, -0.2) is 48.0 Å². The maximum absolute atomic E-state index is 12.9. The largest absolute Gasteiger partial charge is 0.378 e. The number of fused-ring (bicyclic) bond motifs is 2. The van der Waals surface area contributed by atoms with Gasteiger partial charge in [-0.05, 0) is 32.0 Å². The summed E-state index contributed by atoms with van der Waals surface area (Å²) in [5, 5.41) is 0. The fourth-order valence-corrected chi connectivity index (χ4v) is 3.88. The molecule has 4 rings (SSSR count). The van der Waals surface area contributed by atoms with Crippen molar-refractivity contribution in [3.63, 3.8) is 0 Å². The number of Topliss-reactive ketones (excluding diaryl/α,β-unsaturated/α-hetero) is 1. The second-order valence-corrected chi connectivity index (χ2v) is 6.84. The van der Waals surface area contributed by atoms with Crippen LogP contribution in [0.3, 0.4) is 0 Å². The van der Waals surface area contributed by atoms with Gasteiger partial charge < -0.3 is 4.74 Å². The quantitative estimate of drug-likeness (QED) is 0.815. The number of rotatable bonds is 3. The highest BCUT2D eigenvalue weighted by molar-refractivity contribution is 5.98. The summed E-state index contributed by atoms with van der Waals surface area (Å²) in [7, 11) is 2.15. The topological polar surface area (TPSA) is 42.4 Å². The summed E-state index contributed by atoms with van der Waals surface area (Å²) < 4.78 is 5.65. The Hall–Kier alpha value is -2.04. The number of likely N-dealkylation sites (N-methyl/N-ethyl adjacent to an activating group) is 1. The third kappa shape index (κ3) is 2.87. The van der Waals surface area contributed by atoms with Crippen LogP contribution in [0.15, 0.2) is 48.7 Å². The number of carbonyl (C=O) groups is 1. The van der Waals surface area contributed by atoms with Gasteiger partial charge in [-0.1, -0.05) is 30.3 Å². The molecule has 1 aromatic heterocycles. The lowest BCUT2D eigenvalue weighted by Gasteiger charge is -2.46. The molecule has 2 fully saturated rings. The van der Waals surface area contributed by atoms with Gasteiger partial charge in [-0.3, -0.25) is 14.7 Å². The van der Waals surface area contributed by atoms with Crippen LogP contribution in [0.5, 0.6) is 0 Å². The number of carbonyl (C=O) groups excluding carboxylic acids is 1. The first-order valence-corrected chi connectivity index (χ1v) is 8.58. The van der Waals surface area contributed by atoms with Crippen molar-refractivity contribution in [2.75, 3.05) is 20.3 Å². The number of pyridine rings is 1. The molecule has 24 heavy (non-hydrogen) atoms. The molecular weight excluding hydrogens is 300 g/mol. The first kappa shape index (κ1) is 15.5. The first-order valence-electron chi connectivity index (χ1n) is 8.58. The molecule has 0 radical (unpaired) electrons. The van der Waals surface area contributed by atoms with E-state index in [0.29, 0.717) is 12.1 Å². The summed E-state index contributed by atoms with van der Waals surface area (Å²) >= 11 is 0. The normalized spacial score (nSPS) is 27.0. The van der Waals surface area contributed by atoms with E-state index in [9.17, 15) is 4.79 Å². The van der Waals surface area contributed by atoms with Gasteiger partial charge in [0.1, 0.15) is 0 Å². The molecule has 0 aliphatic carbocycles. The monoisotopic (exact) mass is 322 g/mol. The Balaban J connectivity index is 1.51. The van der Waals surface area contributed by atoms with E-state index < -0.39 is 0 Å². The third-order valence-corrected chi connectivity index (χ3v) is 5.39. The summed E-state index contributed by atoms with van der Waals surface area (Å²) in [6, 6.07) is 14.5. The van der Waals surface area contributed by atoms with Crippen molar-refractivity contribution in [1.29, 1.82) is 0 Å². The number of nitrogens with zero attached hydrogens (tertiary/aromatic N) is 2. The summed E-state index contributed by atoms with van der Waals surface area (Å²) in [4.78, 5) is 19.7. The summed E-state index contributed by atoms with van der Waals surface area (Å²) in [6.07, 6.45) is 3.58. The Morgan fingerprint density at radius 1 is 1.08 bits per heavy atom. The number of hydrogen-bond acceptors (Lipinski definition) is 4. The fraction of sp³-hybridized carbons (Fsp3) is 0.400. The molecule has 124 valence electrons. The van der Waals surface area contributed by atoms with E-state index in [1.54, 1.807) is 6.20 Å². The molecule has 2 bridgehead atoms. The lowest BCUT2D eigenvalue weighted by atomic mass is 9.81. The molecule has 2 saturated heterocycles. The zero-order valence-electron chi connectivity index (χ0n) is 13.9. The van der Waals surface area contributed by atoms with Gasteiger partial charge in [-0.25, -0.2) is 0 Å². The Morgan fingerprint density at radius 2 is 1.79 bits per heavy atom. The van der Waals surface area contributed by atoms with E-state index in [-0.39, 0.29) is 11.7 Å². The van der Waals surface area contributed by atoms with Gasteiger partial charge in [0, 0.05) is 35.3 Å². The van der Waals surface area contributed by atoms with Crippen LogP contribution in [0.2, 0.25) is 0 Å². The molecule has 4 heteroatoms. The Labute approximate surface area is 142 Å². The van der Waals surface area contributed by atoms with E-state index in [2.05, 4.69) is 16.9 Å².